The molecule has 0 amide bonds. The molecule has 0 saturated carbocycles. The van der Waals surface area contributed by atoms with E-state index in [1.54, 1.807) is 24.3 Å². The summed E-state index contributed by atoms with van der Waals surface area (Å²) in [6.45, 7) is 0. The lowest BCUT2D eigenvalue weighted by Gasteiger charge is -1.97. The molecule has 0 fully saturated rings. The molecule has 1 aromatic carbocycles. The van der Waals surface area contributed by atoms with Gasteiger partial charge in [-0.2, -0.15) is 10.3 Å². The van der Waals surface area contributed by atoms with E-state index >= 15 is 0 Å². The maximum atomic E-state index is 9.20. The minimum atomic E-state index is 0.180. The summed E-state index contributed by atoms with van der Waals surface area (Å²) < 4.78 is 0. The molecule has 0 bridgehead atoms. The normalized spacial score (nSPS) is 10.2. The first-order valence-corrected chi connectivity index (χ1v) is 3.73. The quantitative estimate of drug-likeness (QED) is 0.598. The molecule has 1 aromatic heterocycles. The van der Waals surface area contributed by atoms with Gasteiger partial charge in [-0.25, -0.2) is 0 Å². The average Bonchev–Trinajstić information content (AvgIpc) is 2.51. The summed E-state index contributed by atoms with van der Waals surface area (Å²) in [5, 5.41) is 19.2. The van der Waals surface area contributed by atoms with E-state index in [-0.39, 0.29) is 5.75 Å². The molecular weight excluding hydrogens is 168 g/mol. The van der Waals surface area contributed by atoms with Crippen molar-refractivity contribution in [2.24, 2.45) is 0 Å². The van der Waals surface area contributed by atoms with Gasteiger partial charge in [0.2, 0.25) is 0 Å². The number of aromatic hydroxyl groups is 1. The van der Waals surface area contributed by atoms with Crippen molar-refractivity contribution in [1.29, 1.82) is 0 Å². The van der Waals surface area contributed by atoms with E-state index in [1.807, 2.05) is 0 Å². The van der Waals surface area contributed by atoms with Crippen molar-refractivity contribution in [3.8, 4) is 17.0 Å². The molecule has 0 radical (unpaired) electrons. The highest BCUT2D eigenvalue weighted by atomic mass is 16.3. The van der Waals surface area contributed by atoms with Crippen molar-refractivity contribution in [3.05, 3.63) is 24.3 Å². The van der Waals surface area contributed by atoms with Gasteiger partial charge in [-0.15, -0.1) is 5.10 Å². The Morgan fingerprint density at radius 1 is 1.31 bits per heavy atom. The van der Waals surface area contributed by atoms with Crippen LogP contribution in [0.15, 0.2) is 24.3 Å². The van der Waals surface area contributed by atoms with Crippen molar-refractivity contribution in [2.75, 3.05) is 5.73 Å². The zero-order chi connectivity index (χ0) is 9.26. The lowest BCUT2D eigenvalue weighted by molar-refractivity contribution is 0.475. The fourth-order valence-corrected chi connectivity index (χ4v) is 1.10. The highest BCUT2D eigenvalue weighted by Gasteiger charge is 2.06. The molecule has 0 aliphatic carbocycles. The number of hydrogen-bond donors (Lipinski definition) is 3. The van der Waals surface area contributed by atoms with E-state index in [0.29, 0.717) is 11.5 Å². The monoisotopic (exact) mass is 176 g/mol. The van der Waals surface area contributed by atoms with E-state index < -0.39 is 0 Å². The summed E-state index contributed by atoms with van der Waals surface area (Å²) in [6.07, 6.45) is 0. The van der Waals surface area contributed by atoms with Crippen LogP contribution in [0, 0.1) is 0 Å². The van der Waals surface area contributed by atoms with Crippen LogP contribution in [0.2, 0.25) is 0 Å². The molecule has 0 saturated heterocycles. The number of H-pyrrole nitrogens is 1. The van der Waals surface area contributed by atoms with Crippen LogP contribution in [0.3, 0.4) is 0 Å². The number of nitrogen functional groups attached to an aromatic ring is 1. The van der Waals surface area contributed by atoms with E-state index in [0.717, 1.165) is 5.56 Å². The summed E-state index contributed by atoms with van der Waals surface area (Å²) in [5.74, 6) is 0.505. The van der Waals surface area contributed by atoms with Gasteiger partial charge in [0.1, 0.15) is 11.4 Å². The number of aromatic amines is 1. The zero-order valence-electron chi connectivity index (χ0n) is 6.73. The van der Waals surface area contributed by atoms with Crippen LogP contribution in [0.1, 0.15) is 0 Å². The van der Waals surface area contributed by atoms with Gasteiger partial charge < -0.3 is 10.8 Å². The minimum Gasteiger partial charge on any atom is -0.508 e. The molecule has 0 aliphatic heterocycles. The molecule has 0 spiro atoms. The fraction of sp³-hybridized carbons (Fsp3) is 0. The van der Waals surface area contributed by atoms with Crippen LogP contribution < -0.4 is 5.73 Å². The van der Waals surface area contributed by atoms with Crippen molar-refractivity contribution >= 4 is 5.82 Å². The molecule has 5 heteroatoms. The Labute approximate surface area is 74.2 Å². The number of rotatable bonds is 1. The van der Waals surface area contributed by atoms with Gasteiger partial charge in [0.05, 0.1) is 0 Å². The van der Waals surface area contributed by atoms with E-state index in [4.69, 9.17) is 5.73 Å². The standard InChI is InChI=1S/C8H8N4O/c9-8-7(10-12-11-8)5-2-1-3-6(13)4-5/h1-4,13H,(H3,9,10,11,12). The second kappa shape index (κ2) is 2.78. The largest absolute Gasteiger partial charge is 0.508 e. The summed E-state index contributed by atoms with van der Waals surface area (Å²) in [6, 6.07) is 6.68. The number of benzene rings is 1. The second-order valence-corrected chi connectivity index (χ2v) is 2.61. The Hall–Kier alpha value is -2.04. The number of nitrogens with two attached hydrogens (primary N) is 1. The van der Waals surface area contributed by atoms with Crippen LogP contribution in [-0.4, -0.2) is 20.5 Å². The summed E-state index contributed by atoms with van der Waals surface area (Å²) >= 11 is 0. The fourth-order valence-electron chi connectivity index (χ4n) is 1.10. The van der Waals surface area contributed by atoms with Gasteiger partial charge in [-0.1, -0.05) is 12.1 Å². The van der Waals surface area contributed by atoms with Crippen molar-refractivity contribution in [2.45, 2.75) is 0 Å². The van der Waals surface area contributed by atoms with Crippen LogP contribution in [0.25, 0.3) is 11.3 Å². The number of phenolic OH excluding ortho intramolecular Hbond substituents is 1. The third-order valence-corrected chi connectivity index (χ3v) is 1.69. The van der Waals surface area contributed by atoms with Crippen molar-refractivity contribution in [3.63, 3.8) is 0 Å². The van der Waals surface area contributed by atoms with Gasteiger partial charge in [-0.3, -0.25) is 0 Å². The lowest BCUT2D eigenvalue weighted by atomic mass is 10.1. The molecule has 0 aliphatic rings. The van der Waals surface area contributed by atoms with E-state index in [9.17, 15) is 5.11 Å². The molecule has 2 rings (SSSR count). The summed E-state index contributed by atoms with van der Waals surface area (Å²) in [5.41, 5.74) is 6.83. The summed E-state index contributed by atoms with van der Waals surface area (Å²) in [4.78, 5) is 0. The summed E-state index contributed by atoms with van der Waals surface area (Å²) in [7, 11) is 0. The Bertz CT molecular complexity index is 424. The Kier molecular flexibility index (Phi) is 1.63. The van der Waals surface area contributed by atoms with Gasteiger partial charge in [0.15, 0.2) is 5.82 Å². The number of aromatic nitrogens is 3. The Balaban J connectivity index is 2.53. The van der Waals surface area contributed by atoms with Crippen molar-refractivity contribution in [1.82, 2.24) is 15.4 Å². The van der Waals surface area contributed by atoms with E-state index in [2.05, 4.69) is 15.4 Å². The molecule has 5 nitrogen and oxygen atoms in total. The molecule has 1 heterocycles. The maximum absolute atomic E-state index is 9.20. The topological polar surface area (TPSA) is 87.8 Å². The van der Waals surface area contributed by atoms with Gasteiger partial charge >= 0.3 is 0 Å². The average molecular weight is 176 g/mol. The highest BCUT2D eigenvalue weighted by molar-refractivity contribution is 5.69. The smallest absolute Gasteiger partial charge is 0.173 e. The molecule has 4 N–H and O–H groups in total. The predicted molar refractivity (Wildman–Crippen MR) is 47.9 cm³/mol. The molecule has 13 heavy (non-hydrogen) atoms. The second-order valence-electron chi connectivity index (χ2n) is 2.61. The number of hydrogen-bond acceptors (Lipinski definition) is 4. The van der Waals surface area contributed by atoms with Crippen LogP contribution in [0.5, 0.6) is 5.75 Å². The number of nitrogens with one attached hydrogen (secondary N) is 1. The van der Waals surface area contributed by atoms with Gasteiger partial charge in [-0.05, 0) is 12.1 Å². The number of nitrogens with zero attached hydrogens (tertiary/aromatic N) is 2. The SMILES string of the molecule is Nc1n[nH]nc1-c1cccc(O)c1. The third kappa shape index (κ3) is 1.31. The maximum Gasteiger partial charge on any atom is 0.173 e. The van der Waals surface area contributed by atoms with Gasteiger partial charge in [0, 0.05) is 5.56 Å². The van der Waals surface area contributed by atoms with E-state index in [1.165, 1.54) is 0 Å². The van der Waals surface area contributed by atoms with Crippen LogP contribution >= 0.6 is 0 Å². The van der Waals surface area contributed by atoms with Gasteiger partial charge in [0.25, 0.3) is 0 Å². The first-order valence-electron chi connectivity index (χ1n) is 3.73. The first-order chi connectivity index (χ1) is 6.27. The molecule has 2 aromatic rings. The van der Waals surface area contributed by atoms with Crippen LogP contribution in [0.4, 0.5) is 5.82 Å². The molecule has 66 valence electrons. The first kappa shape index (κ1) is 7.60. The third-order valence-electron chi connectivity index (χ3n) is 1.69. The highest BCUT2D eigenvalue weighted by Crippen LogP contribution is 2.23. The Morgan fingerprint density at radius 2 is 2.15 bits per heavy atom. The zero-order valence-corrected chi connectivity index (χ0v) is 6.73. The molecule has 0 unspecified atom stereocenters. The lowest BCUT2D eigenvalue weighted by Crippen LogP contribution is -1.87. The molecule has 0 atom stereocenters. The number of anilines is 1. The number of phenols is 1. The van der Waals surface area contributed by atoms with Crippen LogP contribution in [-0.2, 0) is 0 Å². The molecular formula is C8H8N4O. The Morgan fingerprint density at radius 3 is 2.77 bits per heavy atom. The van der Waals surface area contributed by atoms with Crippen molar-refractivity contribution < 1.29 is 5.11 Å². The minimum absolute atomic E-state index is 0.180. The predicted octanol–water partition coefficient (Wildman–Crippen LogP) is 0.759.